The summed E-state index contributed by atoms with van der Waals surface area (Å²) in [5.74, 6) is -4.97. The van der Waals surface area contributed by atoms with Crippen LogP contribution < -0.4 is 5.32 Å². The number of nitrogens with zero attached hydrogens (tertiary/aromatic N) is 2. The highest BCUT2D eigenvalue weighted by Crippen LogP contribution is 2.36. The lowest BCUT2D eigenvalue weighted by Gasteiger charge is -2.23. The second-order valence-corrected chi connectivity index (χ2v) is 7.09. The van der Waals surface area contributed by atoms with Crippen LogP contribution in [0.5, 0.6) is 0 Å². The van der Waals surface area contributed by atoms with Gasteiger partial charge in [0.1, 0.15) is 17.5 Å². The molecule has 2 aromatic rings. The first-order valence-electron chi connectivity index (χ1n) is 9.33. The van der Waals surface area contributed by atoms with Crippen LogP contribution in [-0.2, 0) is 26.6 Å². The number of alkyl halides is 2. The Kier molecular flexibility index (Phi) is 6.27. The van der Waals surface area contributed by atoms with Gasteiger partial charge in [-0.3, -0.25) is 4.79 Å². The Morgan fingerprint density at radius 2 is 2.00 bits per heavy atom. The molecule has 0 spiro atoms. The summed E-state index contributed by atoms with van der Waals surface area (Å²) < 4.78 is 53.2. The number of anilines is 1. The molecule has 2 N–H and O–H groups in total. The van der Waals surface area contributed by atoms with Crippen molar-refractivity contribution in [2.45, 2.75) is 45.4 Å². The maximum atomic E-state index is 14.8. The summed E-state index contributed by atoms with van der Waals surface area (Å²) >= 11 is 0. The fourth-order valence-electron chi connectivity index (χ4n) is 3.31. The third-order valence-corrected chi connectivity index (χ3v) is 4.63. The van der Waals surface area contributed by atoms with E-state index in [1.54, 1.807) is 13.8 Å². The predicted octanol–water partition coefficient (Wildman–Crippen LogP) is 3.88. The number of hydrogen-bond acceptors (Lipinski definition) is 6. The number of aromatic nitrogens is 2. The first-order chi connectivity index (χ1) is 14.1. The van der Waals surface area contributed by atoms with Crippen LogP contribution in [0, 0.1) is 12.7 Å². The van der Waals surface area contributed by atoms with Gasteiger partial charge in [-0.2, -0.15) is 0 Å². The summed E-state index contributed by atoms with van der Waals surface area (Å²) in [6.45, 7) is 4.42. The fourth-order valence-corrected chi connectivity index (χ4v) is 3.31. The van der Waals surface area contributed by atoms with Crippen LogP contribution in [0.25, 0.3) is 0 Å². The molecule has 1 saturated heterocycles. The number of benzene rings is 1. The van der Waals surface area contributed by atoms with Gasteiger partial charge in [-0.15, -0.1) is 0 Å². The average Bonchev–Trinajstić information content (AvgIpc) is 3.14. The van der Waals surface area contributed by atoms with Gasteiger partial charge in [-0.05, 0) is 13.8 Å². The second-order valence-electron chi connectivity index (χ2n) is 7.09. The third-order valence-electron chi connectivity index (χ3n) is 4.63. The summed E-state index contributed by atoms with van der Waals surface area (Å²) in [6.07, 6.45) is -1.28. The minimum absolute atomic E-state index is 0.0179. The number of aliphatic carboxylic acids is 1. The molecule has 0 aliphatic carbocycles. The third kappa shape index (κ3) is 4.71. The van der Waals surface area contributed by atoms with Crippen molar-refractivity contribution >= 4 is 11.8 Å². The van der Waals surface area contributed by atoms with Crippen molar-refractivity contribution in [2.75, 3.05) is 18.5 Å². The number of aryl methyl sites for hydroxylation is 1. The topological polar surface area (TPSA) is 93.6 Å². The van der Waals surface area contributed by atoms with Gasteiger partial charge in [-0.1, -0.05) is 18.2 Å². The van der Waals surface area contributed by atoms with E-state index in [9.17, 15) is 23.1 Å². The Hall–Kier alpha value is -2.72. The van der Waals surface area contributed by atoms with E-state index >= 15 is 0 Å². The molecule has 1 fully saturated rings. The number of carboxylic acid groups (broad SMARTS) is 1. The van der Waals surface area contributed by atoms with Gasteiger partial charge in [0, 0.05) is 12.5 Å². The van der Waals surface area contributed by atoms with Gasteiger partial charge in [0.2, 0.25) is 0 Å². The van der Waals surface area contributed by atoms with E-state index in [-0.39, 0.29) is 22.9 Å². The Morgan fingerprint density at radius 1 is 1.33 bits per heavy atom. The Morgan fingerprint density at radius 3 is 2.60 bits per heavy atom. The zero-order valence-electron chi connectivity index (χ0n) is 16.7. The first-order valence-corrected chi connectivity index (χ1v) is 9.33. The van der Waals surface area contributed by atoms with E-state index in [1.807, 2.05) is 0 Å². The minimum atomic E-state index is -3.34. The Labute approximate surface area is 171 Å². The standard InChI is InChI=1S/C20H22F3N3O4/c1-10(12-5-4-6-13(17(12)21)20(3,22)23)24-18-16(19-29-7-8-30-19)14(9-15(27)28)25-11(2)26-18/h4-6,10,19H,7-9H2,1-3H3,(H,27,28)(H,24,25,26)/t10-/m1/s1. The van der Waals surface area contributed by atoms with Crippen LogP contribution in [0.1, 0.15) is 54.4 Å². The number of carboxylic acids is 1. The van der Waals surface area contributed by atoms with Gasteiger partial charge in [0.05, 0.1) is 42.5 Å². The normalized spacial score (nSPS) is 15.9. The molecule has 1 aliphatic heterocycles. The smallest absolute Gasteiger partial charge is 0.309 e. The molecule has 3 rings (SSSR count). The van der Waals surface area contributed by atoms with Crippen molar-refractivity contribution in [2.24, 2.45) is 0 Å². The van der Waals surface area contributed by atoms with Crippen LogP contribution in [-0.4, -0.2) is 34.3 Å². The number of halogens is 3. The summed E-state index contributed by atoms with van der Waals surface area (Å²) in [5.41, 5.74) is -0.193. The molecule has 2 heterocycles. The van der Waals surface area contributed by atoms with Gasteiger partial charge in [0.15, 0.2) is 6.29 Å². The van der Waals surface area contributed by atoms with Gasteiger partial charge in [0.25, 0.3) is 5.92 Å². The highest BCUT2D eigenvalue weighted by Gasteiger charge is 2.32. The van der Waals surface area contributed by atoms with Gasteiger partial charge in [-0.25, -0.2) is 23.1 Å². The van der Waals surface area contributed by atoms with E-state index in [2.05, 4.69) is 15.3 Å². The van der Waals surface area contributed by atoms with Crippen molar-refractivity contribution in [1.82, 2.24) is 9.97 Å². The zero-order chi connectivity index (χ0) is 22.1. The number of carbonyl (C=O) groups is 1. The molecule has 1 aromatic carbocycles. The first kappa shape index (κ1) is 22.0. The monoisotopic (exact) mass is 425 g/mol. The van der Waals surface area contributed by atoms with E-state index in [0.29, 0.717) is 25.7 Å². The highest BCUT2D eigenvalue weighted by atomic mass is 19.3. The Balaban J connectivity index is 2.02. The molecule has 30 heavy (non-hydrogen) atoms. The number of rotatable bonds is 7. The molecule has 0 radical (unpaired) electrons. The fraction of sp³-hybridized carbons (Fsp3) is 0.450. The molecular formula is C20H22F3N3O4. The zero-order valence-corrected chi connectivity index (χ0v) is 16.7. The van der Waals surface area contributed by atoms with Gasteiger partial charge >= 0.3 is 5.97 Å². The average molecular weight is 425 g/mol. The summed E-state index contributed by atoms with van der Waals surface area (Å²) in [5, 5.41) is 12.2. The van der Waals surface area contributed by atoms with Crippen molar-refractivity contribution < 1.29 is 32.5 Å². The SMILES string of the molecule is Cc1nc(CC(=O)O)c(C2OCCO2)c(N[C@H](C)c2cccc(C(C)(F)F)c2F)n1. The molecule has 1 aromatic heterocycles. The van der Waals surface area contributed by atoms with Crippen molar-refractivity contribution in [3.63, 3.8) is 0 Å². The number of ether oxygens (including phenoxy) is 2. The molecule has 162 valence electrons. The summed E-state index contributed by atoms with van der Waals surface area (Å²) in [6, 6.07) is 3.03. The molecule has 7 nitrogen and oxygen atoms in total. The molecule has 0 bridgehead atoms. The number of hydrogen-bond donors (Lipinski definition) is 2. The van der Waals surface area contributed by atoms with E-state index < -0.39 is 42.0 Å². The van der Waals surface area contributed by atoms with Crippen LogP contribution >= 0.6 is 0 Å². The predicted molar refractivity (Wildman–Crippen MR) is 101 cm³/mol. The maximum Gasteiger partial charge on any atom is 0.309 e. The highest BCUT2D eigenvalue weighted by molar-refractivity contribution is 5.71. The van der Waals surface area contributed by atoms with Crippen molar-refractivity contribution in [3.05, 3.63) is 52.2 Å². The second kappa shape index (κ2) is 8.57. The molecule has 0 saturated carbocycles. The molecule has 0 unspecified atom stereocenters. The van der Waals surface area contributed by atoms with Gasteiger partial charge < -0.3 is 19.9 Å². The minimum Gasteiger partial charge on any atom is -0.481 e. The van der Waals surface area contributed by atoms with Crippen molar-refractivity contribution in [1.29, 1.82) is 0 Å². The van der Waals surface area contributed by atoms with E-state index in [1.165, 1.54) is 12.1 Å². The van der Waals surface area contributed by atoms with Crippen molar-refractivity contribution in [3.8, 4) is 0 Å². The van der Waals surface area contributed by atoms with E-state index in [0.717, 1.165) is 6.07 Å². The largest absolute Gasteiger partial charge is 0.481 e. The maximum absolute atomic E-state index is 14.8. The van der Waals surface area contributed by atoms with E-state index in [4.69, 9.17) is 9.47 Å². The molecule has 1 aliphatic rings. The van der Waals surface area contributed by atoms with Crippen LogP contribution in [0.2, 0.25) is 0 Å². The van der Waals surface area contributed by atoms with Crippen LogP contribution in [0.15, 0.2) is 18.2 Å². The lowest BCUT2D eigenvalue weighted by Crippen LogP contribution is -2.19. The van der Waals surface area contributed by atoms with Crippen LogP contribution in [0.3, 0.4) is 0 Å². The molecular weight excluding hydrogens is 403 g/mol. The summed E-state index contributed by atoms with van der Waals surface area (Å²) in [7, 11) is 0. The molecule has 1 atom stereocenters. The quantitative estimate of drug-likeness (QED) is 0.695. The lowest BCUT2D eigenvalue weighted by molar-refractivity contribution is -0.136. The number of nitrogens with one attached hydrogen (secondary N) is 1. The van der Waals surface area contributed by atoms with Crippen LogP contribution in [0.4, 0.5) is 19.0 Å². The lowest BCUT2D eigenvalue weighted by atomic mass is 10.0. The summed E-state index contributed by atoms with van der Waals surface area (Å²) in [4.78, 5) is 19.8. The molecule has 10 heteroatoms. The molecule has 0 amide bonds. The Bertz CT molecular complexity index is 944.